The van der Waals surface area contributed by atoms with E-state index in [0.717, 1.165) is 19.3 Å². The summed E-state index contributed by atoms with van der Waals surface area (Å²) in [5, 5.41) is 9.71. The van der Waals surface area contributed by atoms with Gasteiger partial charge in [0.2, 0.25) is 0 Å². The van der Waals surface area contributed by atoms with Gasteiger partial charge in [0.25, 0.3) is 0 Å². The fraction of sp³-hybridized carbons (Fsp3) is 0.500. The van der Waals surface area contributed by atoms with E-state index in [-0.39, 0.29) is 5.76 Å². The first kappa shape index (κ1) is 19.6. The van der Waals surface area contributed by atoms with Gasteiger partial charge < -0.3 is 5.11 Å². The van der Waals surface area contributed by atoms with Gasteiger partial charge in [0.1, 0.15) is 5.76 Å². The zero-order chi connectivity index (χ0) is 18.4. The Labute approximate surface area is 154 Å². The molecule has 0 aromatic rings. The van der Waals surface area contributed by atoms with Crippen molar-refractivity contribution in [1.82, 2.24) is 0 Å². The highest BCUT2D eigenvalue weighted by Gasteiger charge is 2.30. The van der Waals surface area contributed by atoms with E-state index in [1.165, 1.54) is 36.5 Å². The van der Waals surface area contributed by atoms with Crippen LogP contribution in [-0.2, 0) is 0 Å². The monoisotopic (exact) mass is 338 g/mol. The van der Waals surface area contributed by atoms with E-state index in [1.54, 1.807) is 11.1 Å². The van der Waals surface area contributed by atoms with Crippen molar-refractivity contribution in [3.63, 3.8) is 0 Å². The maximum Gasteiger partial charge on any atom is 0.111 e. The molecular weight excluding hydrogens is 304 g/mol. The molecule has 1 N–H and O–H groups in total. The van der Waals surface area contributed by atoms with Crippen molar-refractivity contribution in [3.8, 4) is 0 Å². The summed E-state index contributed by atoms with van der Waals surface area (Å²) in [6.45, 7) is 14.4. The summed E-state index contributed by atoms with van der Waals surface area (Å²) in [6, 6.07) is 0. The summed E-state index contributed by atoms with van der Waals surface area (Å²) in [4.78, 5) is 0. The summed E-state index contributed by atoms with van der Waals surface area (Å²) in [5.41, 5.74) is 6.20. The maximum atomic E-state index is 9.71. The lowest BCUT2D eigenvalue weighted by Crippen LogP contribution is -2.16. The second-order valence-electron chi connectivity index (χ2n) is 7.68. The molecular formula is C24H34O. The molecule has 0 unspecified atom stereocenters. The molecule has 1 nitrogen and oxygen atoms in total. The second kappa shape index (κ2) is 9.08. The summed E-state index contributed by atoms with van der Waals surface area (Å²) in [7, 11) is 0. The lowest BCUT2D eigenvalue weighted by molar-refractivity contribution is 0.427. The van der Waals surface area contributed by atoms with Crippen LogP contribution in [0.25, 0.3) is 0 Å². The Hall–Kier alpha value is -1.76. The van der Waals surface area contributed by atoms with Gasteiger partial charge in [-0.1, -0.05) is 61.8 Å². The number of aliphatic hydroxyl groups is 1. The SMILES string of the molecule is C=CC[C@H](CCC)C1=CC([C@@H](C)C/C=C(/O)C=C)=C2CC(C)=C[C@@H]2C1. The molecule has 0 fully saturated rings. The molecule has 0 spiro atoms. The molecule has 0 radical (unpaired) electrons. The molecule has 1 heteroatoms. The van der Waals surface area contributed by atoms with E-state index in [0.29, 0.717) is 17.8 Å². The first-order valence-corrected chi connectivity index (χ1v) is 9.73. The number of fused-ring (bicyclic) bond motifs is 1. The summed E-state index contributed by atoms with van der Waals surface area (Å²) in [5.74, 6) is 1.90. The highest BCUT2D eigenvalue weighted by Crippen LogP contribution is 2.45. The molecule has 2 aliphatic rings. The molecule has 0 saturated carbocycles. The van der Waals surface area contributed by atoms with Crippen LogP contribution in [0, 0.1) is 17.8 Å². The molecule has 0 aromatic carbocycles. The van der Waals surface area contributed by atoms with Gasteiger partial charge in [-0.3, -0.25) is 0 Å². The Morgan fingerprint density at radius 1 is 1.36 bits per heavy atom. The minimum atomic E-state index is 0.283. The molecule has 136 valence electrons. The van der Waals surface area contributed by atoms with Crippen LogP contribution < -0.4 is 0 Å². The second-order valence-corrected chi connectivity index (χ2v) is 7.68. The predicted octanol–water partition coefficient (Wildman–Crippen LogP) is 7.23. The zero-order valence-electron chi connectivity index (χ0n) is 16.2. The topological polar surface area (TPSA) is 20.2 Å². The molecule has 2 rings (SSSR count). The lowest BCUT2D eigenvalue weighted by Gasteiger charge is -2.30. The van der Waals surface area contributed by atoms with Gasteiger partial charge in [-0.25, -0.2) is 0 Å². The largest absolute Gasteiger partial charge is 0.508 e. The average Bonchev–Trinajstić information content (AvgIpc) is 2.98. The van der Waals surface area contributed by atoms with Crippen molar-refractivity contribution in [2.75, 3.05) is 0 Å². The van der Waals surface area contributed by atoms with E-state index >= 15 is 0 Å². The van der Waals surface area contributed by atoms with E-state index < -0.39 is 0 Å². The van der Waals surface area contributed by atoms with Crippen LogP contribution in [-0.4, -0.2) is 5.11 Å². The highest BCUT2D eigenvalue weighted by atomic mass is 16.3. The molecule has 0 aliphatic heterocycles. The number of aliphatic hydroxyl groups excluding tert-OH is 1. The van der Waals surface area contributed by atoms with Gasteiger partial charge in [0.15, 0.2) is 0 Å². The van der Waals surface area contributed by atoms with E-state index in [1.807, 2.05) is 6.08 Å². The standard InChI is InChI=1S/C24H34O/c1-6-9-19(10-7-2)20-15-21-13-17(4)14-24(21)23(16-20)18(5)11-12-22(25)8-3/h6,8,12-13,16,18-19,21,25H,1,3,7,9-11,14-15H2,2,4-5H3/b22-12+/t18-,19+,21+/m0/s1. The Morgan fingerprint density at radius 2 is 2.12 bits per heavy atom. The third-order valence-electron chi connectivity index (χ3n) is 5.60. The van der Waals surface area contributed by atoms with Crippen LogP contribution in [0.5, 0.6) is 0 Å². The van der Waals surface area contributed by atoms with Crippen molar-refractivity contribution in [2.24, 2.45) is 17.8 Å². The van der Waals surface area contributed by atoms with E-state index in [2.05, 4.69) is 52.2 Å². The third-order valence-corrected chi connectivity index (χ3v) is 5.60. The smallest absolute Gasteiger partial charge is 0.111 e. The molecule has 0 aromatic heterocycles. The molecule has 25 heavy (non-hydrogen) atoms. The predicted molar refractivity (Wildman–Crippen MR) is 109 cm³/mol. The van der Waals surface area contributed by atoms with Gasteiger partial charge in [-0.15, -0.1) is 6.58 Å². The molecule has 0 saturated heterocycles. The van der Waals surface area contributed by atoms with Crippen LogP contribution >= 0.6 is 0 Å². The van der Waals surface area contributed by atoms with Crippen molar-refractivity contribution < 1.29 is 5.11 Å². The Morgan fingerprint density at radius 3 is 2.76 bits per heavy atom. The molecule has 3 atom stereocenters. The fourth-order valence-electron chi connectivity index (χ4n) is 4.29. The van der Waals surface area contributed by atoms with Crippen molar-refractivity contribution >= 4 is 0 Å². The van der Waals surface area contributed by atoms with Crippen molar-refractivity contribution in [2.45, 2.75) is 59.3 Å². The quantitative estimate of drug-likeness (QED) is 0.267. The number of hydrogen-bond donors (Lipinski definition) is 1. The number of allylic oxidation sites excluding steroid dienone is 9. The summed E-state index contributed by atoms with van der Waals surface area (Å²) < 4.78 is 0. The van der Waals surface area contributed by atoms with Gasteiger partial charge in [0.05, 0.1) is 0 Å². The highest BCUT2D eigenvalue weighted by molar-refractivity contribution is 5.45. The van der Waals surface area contributed by atoms with Crippen molar-refractivity contribution in [3.05, 3.63) is 71.6 Å². The molecule has 0 amide bonds. The number of hydrogen-bond acceptors (Lipinski definition) is 1. The first-order chi connectivity index (χ1) is 12.0. The van der Waals surface area contributed by atoms with Crippen molar-refractivity contribution in [1.29, 1.82) is 0 Å². The average molecular weight is 339 g/mol. The van der Waals surface area contributed by atoms with Crippen LogP contribution in [0.4, 0.5) is 0 Å². The Bertz CT molecular complexity index is 626. The zero-order valence-corrected chi connectivity index (χ0v) is 16.2. The van der Waals surface area contributed by atoms with E-state index in [9.17, 15) is 5.11 Å². The van der Waals surface area contributed by atoms with Gasteiger partial charge in [-0.2, -0.15) is 0 Å². The minimum absolute atomic E-state index is 0.283. The first-order valence-electron chi connectivity index (χ1n) is 9.73. The fourth-order valence-corrected chi connectivity index (χ4v) is 4.29. The van der Waals surface area contributed by atoms with Gasteiger partial charge in [-0.05, 0) is 68.6 Å². The van der Waals surface area contributed by atoms with E-state index in [4.69, 9.17) is 0 Å². The molecule has 2 aliphatic carbocycles. The summed E-state index contributed by atoms with van der Waals surface area (Å²) in [6.07, 6.45) is 17.1. The maximum absolute atomic E-state index is 9.71. The van der Waals surface area contributed by atoms with Crippen LogP contribution in [0.1, 0.15) is 59.3 Å². The van der Waals surface area contributed by atoms with Crippen LogP contribution in [0.3, 0.4) is 0 Å². The molecule has 0 heterocycles. The Balaban J connectivity index is 2.32. The minimum Gasteiger partial charge on any atom is -0.508 e. The van der Waals surface area contributed by atoms with Gasteiger partial charge >= 0.3 is 0 Å². The van der Waals surface area contributed by atoms with Gasteiger partial charge in [0, 0.05) is 5.92 Å². The third kappa shape index (κ3) is 4.87. The number of rotatable bonds is 9. The van der Waals surface area contributed by atoms with Crippen LogP contribution in [0.15, 0.2) is 71.6 Å². The Kier molecular flexibility index (Phi) is 7.11. The summed E-state index contributed by atoms with van der Waals surface area (Å²) >= 11 is 0. The van der Waals surface area contributed by atoms with Crippen LogP contribution in [0.2, 0.25) is 0 Å². The normalized spacial score (nSPS) is 22.8. The lowest BCUT2D eigenvalue weighted by atomic mass is 9.75. The molecule has 0 bridgehead atoms.